The summed E-state index contributed by atoms with van der Waals surface area (Å²) in [4.78, 5) is 15.2. The fourth-order valence-electron chi connectivity index (χ4n) is 2.71. The Morgan fingerprint density at radius 1 is 1.39 bits per heavy atom. The largest absolute Gasteiger partial charge is 0.465 e. The number of nitrogens with zero attached hydrogens (tertiary/aromatic N) is 2. The Morgan fingerprint density at radius 2 is 2.25 bits per heavy atom. The predicted octanol–water partition coefficient (Wildman–Crippen LogP) is 4.11. The lowest BCUT2D eigenvalue weighted by Crippen LogP contribution is -2.27. The highest BCUT2D eigenvalue weighted by Gasteiger charge is 2.18. The maximum absolute atomic E-state index is 9.50. The van der Waals surface area contributed by atoms with Gasteiger partial charge in [0.2, 0.25) is 5.89 Å². The highest BCUT2D eigenvalue weighted by molar-refractivity contribution is 7.12. The monoisotopic (exact) mass is 407 g/mol. The van der Waals surface area contributed by atoms with Crippen LogP contribution in [0.5, 0.6) is 5.75 Å². The van der Waals surface area contributed by atoms with Gasteiger partial charge in [0.05, 0.1) is 19.8 Å². The van der Waals surface area contributed by atoms with E-state index in [0.717, 1.165) is 34.8 Å². The molecule has 3 heterocycles. The number of nitrogens with one attached hydrogen (secondary N) is 1. The summed E-state index contributed by atoms with van der Waals surface area (Å²) in [6.07, 6.45) is 6.77. The molecule has 0 amide bonds. The number of ether oxygens (including phenoxy) is 1. The molecule has 9 heteroatoms. The van der Waals surface area contributed by atoms with Crippen LogP contribution in [0.25, 0.3) is 23.3 Å². The van der Waals surface area contributed by atoms with Gasteiger partial charge in [0, 0.05) is 23.2 Å². The van der Waals surface area contributed by atoms with Gasteiger partial charge in [-0.05, 0) is 38.0 Å². The standard InChI is InChI=1S/C18H19N3O4S.CH3F/c1-11(22)24-12-4-6-14-16(9-12)25-17(20-14)7-5-13-10-19-18(26-13)15-3-2-8-23-21-15;1-2/h4-7,9-11,15,21-22H,2-3,8H2,1H3;1H3. The summed E-state index contributed by atoms with van der Waals surface area (Å²) in [7, 11) is 0.500. The molecule has 7 nitrogen and oxygen atoms in total. The van der Waals surface area contributed by atoms with Crippen molar-refractivity contribution in [1.29, 1.82) is 0 Å². The molecule has 0 aliphatic carbocycles. The van der Waals surface area contributed by atoms with Crippen LogP contribution in [0.3, 0.4) is 0 Å². The van der Waals surface area contributed by atoms with Gasteiger partial charge in [-0.2, -0.15) is 5.48 Å². The summed E-state index contributed by atoms with van der Waals surface area (Å²) in [5.74, 6) is 1.04. The molecule has 3 aromatic rings. The van der Waals surface area contributed by atoms with Crippen molar-refractivity contribution in [1.82, 2.24) is 15.4 Å². The molecule has 2 atom stereocenters. The highest BCUT2D eigenvalue weighted by Crippen LogP contribution is 2.27. The first-order valence-corrected chi connectivity index (χ1v) is 9.63. The van der Waals surface area contributed by atoms with E-state index < -0.39 is 6.29 Å². The fourth-order valence-corrected chi connectivity index (χ4v) is 3.61. The number of fused-ring (bicyclic) bond motifs is 1. The van der Waals surface area contributed by atoms with Gasteiger partial charge in [-0.3, -0.25) is 4.39 Å². The van der Waals surface area contributed by atoms with Crippen LogP contribution >= 0.6 is 11.3 Å². The molecule has 28 heavy (non-hydrogen) atoms. The lowest BCUT2D eigenvalue weighted by atomic mass is 10.2. The number of hydroxylamine groups is 1. The average Bonchev–Trinajstić information content (AvgIpc) is 3.34. The van der Waals surface area contributed by atoms with Crippen LogP contribution in [-0.4, -0.2) is 35.1 Å². The third-order valence-electron chi connectivity index (χ3n) is 3.88. The Labute approximate surface area is 165 Å². The Hall–Kier alpha value is -2.33. The van der Waals surface area contributed by atoms with Crippen LogP contribution in [0, 0.1) is 0 Å². The highest BCUT2D eigenvalue weighted by atomic mass is 32.1. The van der Waals surface area contributed by atoms with E-state index >= 15 is 0 Å². The van der Waals surface area contributed by atoms with Gasteiger partial charge in [-0.15, -0.1) is 11.3 Å². The van der Waals surface area contributed by atoms with Crippen molar-refractivity contribution in [2.75, 3.05) is 13.8 Å². The van der Waals surface area contributed by atoms with Crippen LogP contribution in [0.4, 0.5) is 4.39 Å². The summed E-state index contributed by atoms with van der Waals surface area (Å²) >= 11 is 1.62. The number of alkyl halides is 1. The first kappa shape index (κ1) is 20.4. The zero-order chi connectivity index (χ0) is 19.9. The van der Waals surface area contributed by atoms with Crippen molar-refractivity contribution in [3.63, 3.8) is 0 Å². The number of oxazole rings is 1. The summed E-state index contributed by atoms with van der Waals surface area (Å²) in [5, 5.41) is 10.3. The SMILES string of the molecule is CC(O)Oc1ccc2nc(C=Cc3cnc(C4CCCON4)s3)oc2c1.CF. The summed E-state index contributed by atoms with van der Waals surface area (Å²) in [6.45, 7) is 2.30. The summed E-state index contributed by atoms with van der Waals surface area (Å²) in [6, 6.07) is 5.42. The van der Waals surface area contributed by atoms with Crippen LogP contribution in [0.1, 0.15) is 41.6 Å². The summed E-state index contributed by atoms with van der Waals surface area (Å²) < 4.78 is 20.5. The molecule has 2 N–H and O–H groups in total. The Kier molecular flexibility index (Phi) is 7.10. The Bertz CT molecular complexity index is 919. The number of hydrogen-bond donors (Lipinski definition) is 2. The van der Waals surface area contributed by atoms with Crippen LogP contribution < -0.4 is 10.2 Å². The summed E-state index contributed by atoms with van der Waals surface area (Å²) in [5.41, 5.74) is 4.36. The van der Waals surface area contributed by atoms with E-state index in [1.807, 2.05) is 18.3 Å². The topological polar surface area (TPSA) is 89.6 Å². The van der Waals surface area contributed by atoms with E-state index in [4.69, 9.17) is 14.0 Å². The van der Waals surface area contributed by atoms with Gasteiger partial charge in [-0.1, -0.05) is 0 Å². The molecule has 0 spiro atoms. The smallest absolute Gasteiger partial charge is 0.220 e. The molecule has 0 bridgehead atoms. The zero-order valence-corrected chi connectivity index (χ0v) is 16.4. The number of rotatable bonds is 5. The van der Waals surface area contributed by atoms with Gasteiger partial charge < -0.3 is 19.1 Å². The number of aliphatic hydroxyl groups is 1. The molecule has 4 rings (SSSR count). The molecule has 1 aliphatic rings. The first-order valence-electron chi connectivity index (χ1n) is 8.81. The van der Waals surface area contributed by atoms with Crippen LogP contribution in [0.2, 0.25) is 0 Å². The predicted molar refractivity (Wildman–Crippen MR) is 105 cm³/mol. The molecule has 0 saturated carbocycles. The molecule has 2 unspecified atom stereocenters. The fraction of sp³-hybridized carbons (Fsp3) is 0.368. The number of benzene rings is 1. The van der Waals surface area contributed by atoms with Gasteiger partial charge in [0.1, 0.15) is 16.3 Å². The molecule has 150 valence electrons. The third kappa shape index (κ3) is 5.14. The number of hydrogen-bond acceptors (Lipinski definition) is 8. The van der Waals surface area contributed by atoms with Crippen molar-refractivity contribution in [3.05, 3.63) is 40.2 Å². The third-order valence-corrected chi connectivity index (χ3v) is 4.95. The van der Waals surface area contributed by atoms with Gasteiger partial charge in [0.15, 0.2) is 11.9 Å². The molecule has 2 aromatic heterocycles. The zero-order valence-electron chi connectivity index (χ0n) is 15.6. The normalized spacial score (nSPS) is 18.1. The lowest BCUT2D eigenvalue weighted by Gasteiger charge is -2.20. The van der Waals surface area contributed by atoms with E-state index in [-0.39, 0.29) is 6.04 Å². The maximum atomic E-state index is 9.50. The molecule has 1 fully saturated rings. The Morgan fingerprint density at radius 3 is 3.00 bits per heavy atom. The second-order valence-electron chi connectivity index (χ2n) is 5.99. The van der Waals surface area contributed by atoms with E-state index in [1.54, 1.807) is 36.5 Å². The minimum Gasteiger partial charge on any atom is -0.465 e. The number of thiazole rings is 1. The van der Waals surface area contributed by atoms with Crippen molar-refractivity contribution in [3.8, 4) is 5.75 Å². The average molecular weight is 407 g/mol. The number of aliphatic hydroxyl groups excluding tert-OH is 1. The van der Waals surface area contributed by atoms with E-state index in [1.165, 1.54) is 0 Å². The minimum atomic E-state index is -0.876. The lowest BCUT2D eigenvalue weighted by molar-refractivity contribution is -0.0195. The van der Waals surface area contributed by atoms with Crippen molar-refractivity contribution in [2.24, 2.45) is 0 Å². The molecule has 1 aliphatic heterocycles. The molecular weight excluding hydrogens is 385 g/mol. The van der Waals surface area contributed by atoms with E-state index in [9.17, 15) is 9.50 Å². The Balaban J connectivity index is 0.00000109. The van der Waals surface area contributed by atoms with Gasteiger partial charge >= 0.3 is 0 Å². The molecular formula is C19H22FN3O4S. The quantitative estimate of drug-likeness (QED) is 0.615. The van der Waals surface area contributed by atoms with Gasteiger partial charge in [-0.25, -0.2) is 9.97 Å². The second kappa shape index (κ2) is 9.74. The van der Waals surface area contributed by atoms with Crippen molar-refractivity contribution in [2.45, 2.75) is 32.1 Å². The molecule has 1 saturated heterocycles. The molecule has 1 aromatic carbocycles. The minimum absolute atomic E-state index is 0.160. The van der Waals surface area contributed by atoms with Gasteiger partial charge in [0.25, 0.3) is 0 Å². The molecule has 0 radical (unpaired) electrons. The second-order valence-corrected chi connectivity index (χ2v) is 7.09. The number of aromatic nitrogens is 2. The maximum Gasteiger partial charge on any atom is 0.220 e. The van der Waals surface area contributed by atoms with E-state index in [2.05, 4.69) is 15.4 Å². The van der Waals surface area contributed by atoms with Crippen molar-refractivity contribution < 1.29 is 23.5 Å². The van der Waals surface area contributed by atoms with Crippen molar-refractivity contribution >= 4 is 34.6 Å². The van der Waals surface area contributed by atoms with Crippen LogP contribution in [0.15, 0.2) is 28.8 Å². The first-order chi connectivity index (χ1) is 13.7. The van der Waals surface area contributed by atoms with Crippen LogP contribution in [-0.2, 0) is 4.84 Å². The number of halogens is 1. The van der Waals surface area contributed by atoms with E-state index in [0.29, 0.717) is 24.4 Å².